The van der Waals surface area contributed by atoms with Gasteiger partial charge in [-0.15, -0.1) is 45.3 Å². The van der Waals surface area contributed by atoms with Crippen molar-refractivity contribution in [1.82, 2.24) is 0 Å². The Balaban J connectivity index is 0.000000150. The quantitative estimate of drug-likeness (QED) is 0.158. The molecule has 91 heavy (non-hydrogen) atoms. The second-order valence-electron chi connectivity index (χ2n) is 25.3. The van der Waals surface area contributed by atoms with E-state index in [0.29, 0.717) is 0 Å². The summed E-state index contributed by atoms with van der Waals surface area (Å²) in [5.41, 5.74) is 9.27. The Morgan fingerprint density at radius 2 is 0.659 bits per heavy atom. The number of fused-ring (bicyclic) bond motifs is 6. The number of rotatable bonds is 4. The highest BCUT2D eigenvalue weighted by molar-refractivity contribution is 9.11. The van der Waals surface area contributed by atoms with Crippen molar-refractivity contribution in [3.8, 4) is 0 Å². The van der Waals surface area contributed by atoms with Gasteiger partial charge in [-0.25, -0.2) is 0 Å². The van der Waals surface area contributed by atoms with E-state index < -0.39 is 21.1 Å². The Morgan fingerprint density at radius 3 is 1.00 bits per heavy atom. The molecule has 0 atom stereocenters. The summed E-state index contributed by atoms with van der Waals surface area (Å²) in [5, 5.41) is 6.78. The maximum atomic E-state index is 6.60. The lowest BCUT2D eigenvalue weighted by atomic mass is 9.49. The Kier molecular flexibility index (Phi) is 25.1. The molecule has 0 amide bonds. The average Bonchev–Trinajstić information content (AvgIpc) is 1.76. The van der Waals surface area contributed by atoms with Crippen LogP contribution in [0.4, 0.5) is 32.8 Å². The monoisotopic (exact) mass is 1630 g/mol. The van der Waals surface area contributed by atoms with Gasteiger partial charge in [0, 0.05) is 173 Å². The van der Waals surface area contributed by atoms with Crippen molar-refractivity contribution in [2.45, 2.75) is 155 Å². The molecular weight excluding hydrogens is 1570 g/mol. The second kappa shape index (κ2) is 30.6. The van der Waals surface area contributed by atoms with Gasteiger partial charge >= 0.3 is 21.1 Å². The van der Waals surface area contributed by atoms with Crippen molar-refractivity contribution in [2.75, 3.05) is 9.80 Å². The third-order valence-electron chi connectivity index (χ3n) is 17.7. The summed E-state index contributed by atoms with van der Waals surface area (Å²) in [6, 6.07) is 39.6. The molecule has 5 aliphatic heterocycles. The zero-order valence-corrected chi connectivity index (χ0v) is 69.9. The van der Waals surface area contributed by atoms with Gasteiger partial charge in [-0.3, -0.25) is 0 Å². The number of hydrogen-bond donors (Lipinski definition) is 0. The minimum absolute atomic E-state index is 0.00912. The zero-order valence-electron chi connectivity index (χ0n) is 52.8. The molecule has 0 unspecified atom stereocenters. The molecule has 0 saturated carbocycles. The van der Waals surface area contributed by atoms with E-state index in [1.807, 2.05) is 78.1 Å². The summed E-state index contributed by atoms with van der Waals surface area (Å²) in [6.07, 6.45) is 0. The standard InChI is InChI=1S/C27H28BNO2S2.C21H16BrNS2.C12H24B2O4.S8.S7/c1-25(2)17-11-7-9-13-19(17)29(20-14-10-8-12-18(20)25)24-22(23-21(33-24)15-16-32-23)28-30-26(3,4)27(5,6)31-28;1-21(2)13-7-3-5-9-15(13)23(16-10-6-4-8-14(16)21)20-18(22)19-17(25-20)11-12-24-19;1-9(2)10(3,4)16-13(15-9)14-17-11(5,6)12(7,8)18-14;1-3-5-7-8-6-4-2;1-3-5-7-6-4-2/h7-16H,1-6H3;3-12H,1-2H3;1-8H3;;. The van der Waals surface area contributed by atoms with Gasteiger partial charge in [-0.1, -0.05) is 100 Å². The van der Waals surface area contributed by atoms with Gasteiger partial charge in [0.05, 0.1) is 65.5 Å². The molecule has 31 heteroatoms. The van der Waals surface area contributed by atoms with Crippen LogP contribution in [0, 0.1) is 0 Å². The molecule has 0 spiro atoms. The van der Waals surface area contributed by atoms with Crippen molar-refractivity contribution in [2.24, 2.45) is 0 Å². The first-order chi connectivity index (χ1) is 42.9. The van der Waals surface area contributed by atoms with Crippen LogP contribution in [0.5, 0.6) is 0 Å². The first kappa shape index (κ1) is 74.8. The number of halogens is 1. The number of nitrogens with zero attached hydrogens (tertiary/aromatic N) is 2. The van der Waals surface area contributed by atoms with Gasteiger partial charge in [-0.2, -0.15) is 0 Å². The minimum Gasteiger partial charge on any atom is -0.405 e. The van der Waals surface area contributed by atoms with E-state index in [1.54, 1.807) is 84.8 Å². The van der Waals surface area contributed by atoms with Crippen LogP contribution in [0.15, 0.2) is 124 Å². The van der Waals surface area contributed by atoms with E-state index in [1.165, 1.54) is 114 Å². The minimum atomic E-state index is -0.476. The number of anilines is 6. The van der Waals surface area contributed by atoms with Crippen LogP contribution < -0.4 is 15.3 Å². The van der Waals surface area contributed by atoms with E-state index >= 15 is 0 Å². The molecule has 3 saturated heterocycles. The summed E-state index contributed by atoms with van der Waals surface area (Å²) in [5.74, 6) is 0. The van der Waals surface area contributed by atoms with Crippen LogP contribution >= 0.6 is 61.3 Å². The van der Waals surface area contributed by atoms with Gasteiger partial charge in [0.1, 0.15) is 10.0 Å². The summed E-state index contributed by atoms with van der Waals surface area (Å²) in [4.78, 5) is 4.87. The molecule has 0 bridgehead atoms. The highest BCUT2D eigenvalue weighted by atomic mass is 79.9. The summed E-state index contributed by atoms with van der Waals surface area (Å²) in [6.45, 7) is 34.0. The van der Waals surface area contributed by atoms with E-state index in [0.717, 1.165) is 5.46 Å². The molecule has 0 radical (unpaired) electrons. The molecule has 8 nitrogen and oxygen atoms in total. The van der Waals surface area contributed by atoms with Crippen LogP contribution in [0.3, 0.4) is 0 Å². The molecule has 9 heterocycles. The fraction of sp³-hybridized carbons (Fsp3) is 0.400. The molecule has 0 N–H and O–H groups in total. The average molecular weight is 1630 g/mol. The third kappa shape index (κ3) is 15.6. The Bertz CT molecular complexity index is 4320. The molecule has 484 valence electrons. The van der Waals surface area contributed by atoms with Crippen molar-refractivity contribution in [3.05, 3.63) is 147 Å². The Hall–Kier alpha value is -0.465. The van der Waals surface area contributed by atoms with Crippen LogP contribution in [-0.2, 0) is 181 Å². The summed E-state index contributed by atoms with van der Waals surface area (Å²) < 4.78 is 43.5. The van der Waals surface area contributed by atoms with Gasteiger partial charge in [0.25, 0.3) is 0 Å². The first-order valence-corrected chi connectivity index (χ1v) is 50.0. The summed E-state index contributed by atoms with van der Waals surface area (Å²) in [7, 11) is 15.1. The van der Waals surface area contributed by atoms with Gasteiger partial charge in [0.15, 0.2) is 0 Å². The van der Waals surface area contributed by atoms with Crippen LogP contribution in [0.2, 0.25) is 0 Å². The van der Waals surface area contributed by atoms with E-state index in [-0.39, 0.29) is 44.4 Å². The number of thiophene rings is 4. The predicted octanol–water partition coefficient (Wildman–Crippen LogP) is 17.4. The molecule has 8 aromatic rings. The van der Waals surface area contributed by atoms with E-state index in [2.05, 4.69) is 246 Å². The fourth-order valence-electron chi connectivity index (χ4n) is 10.9. The highest BCUT2D eigenvalue weighted by Crippen LogP contribution is 2.58. The molecule has 3 fully saturated rings. The predicted molar refractivity (Wildman–Crippen MR) is 439 cm³/mol. The summed E-state index contributed by atoms with van der Waals surface area (Å²) >= 11 is 29.5. The zero-order chi connectivity index (χ0) is 66.1. The maximum absolute atomic E-state index is 6.60. The number of para-hydroxylation sites is 4. The molecule has 13 rings (SSSR count). The van der Waals surface area contributed by atoms with Crippen LogP contribution in [0.1, 0.15) is 133 Å². The van der Waals surface area contributed by atoms with Crippen molar-refractivity contribution in [3.63, 3.8) is 0 Å². The van der Waals surface area contributed by atoms with Crippen LogP contribution in [0.25, 0.3) is 18.8 Å². The van der Waals surface area contributed by atoms with Gasteiger partial charge < -0.3 is 37.7 Å². The molecule has 4 aromatic heterocycles. The lowest BCUT2D eigenvalue weighted by Crippen LogP contribution is -2.41. The molecular formula is C60H68B3BrN2O6S19. The first-order valence-electron chi connectivity index (χ1n) is 28.5. The normalized spacial score (nSPS) is 18.9. The maximum Gasteiger partial charge on any atom is 0.499 e. The molecule has 5 aliphatic rings. The van der Waals surface area contributed by atoms with Crippen molar-refractivity contribution >= 4 is 282 Å². The largest absolute Gasteiger partial charge is 0.499 e. The SMILES string of the molecule is CC1(C)OB(B2OC(C)(C)C(C)(C)O2)OC1(C)C.CC1(C)c2ccccc2N(c2sc3ccsc3c2B2OC(C)(C)C(C)(C)O2)c2ccccc21.CC1(C)c2ccccc2N(c2sc3ccsc3c2Br)c2ccccc21.S=S=S=S=S=S=S.S=S=S=S=S=S=S=S. The van der Waals surface area contributed by atoms with E-state index in [4.69, 9.17) is 27.9 Å². The van der Waals surface area contributed by atoms with E-state index in [9.17, 15) is 0 Å². The topological polar surface area (TPSA) is 61.9 Å². The van der Waals surface area contributed by atoms with Crippen molar-refractivity contribution < 1.29 is 27.9 Å². The smallest absolute Gasteiger partial charge is 0.405 e. The Labute approximate surface area is 613 Å². The molecule has 4 aromatic carbocycles. The highest BCUT2D eigenvalue weighted by Gasteiger charge is 2.64. The number of benzene rings is 4. The third-order valence-corrected chi connectivity index (χ3v) is 43.4. The van der Waals surface area contributed by atoms with Crippen LogP contribution in [-0.4, -0.2) is 54.7 Å². The lowest BCUT2D eigenvalue weighted by molar-refractivity contribution is 0.00578. The van der Waals surface area contributed by atoms with Crippen molar-refractivity contribution in [1.29, 1.82) is 0 Å². The second-order valence-corrected chi connectivity index (χ2v) is 49.5. The van der Waals surface area contributed by atoms with Gasteiger partial charge in [-0.05, 0) is 168 Å². The fourth-order valence-corrected chi connectivity index (χ4v) is 35.8. The number of hydrogen-bond acceptors (Lipinski definition) is 16. The molecule has 0 aliphatic carbocycles. The lowest BCUT2D eigenvalue weighted by Gasteiger charge is -2.41. The van der Waals surface area contributed by atoms with Gasteiger partial charge in [0.2, 0.25) is 0 Å². The Morgan fingerprint density at radius 1 is 0.374 bits per heavy atom.